The number of nitrogens with two attached hydrogens (primary N) is 1. The summed E-state index contributed by atoms with van der Waals surface area (Å²) in [4.78, 5) is 0. The van der Waals surface area contributed by atoms with Crippen molar-refractivity contribution in [3.63, 3.8) is 0 Å². The van der Waals surface area contributed by atoms with E-state index in [1.807, 2.05) is 13.8 Å². The fraction of sp³-hybridized carbons (Fsp3) is 0.625. The quantitative estimate of drug-likeness (QED) is 0.907. The average molecular weight is 295 g/mol. The Morgan fingerprint density at radius 1 is 1.35 bits per heavy atom. The number of fused-ring (bicyclic) bond motifs is 1. The fourth-order valence-electron chi connectivity index (χ4n) is 3.32. The molecule has 0 heterocycles. The monoisotopic (exact) mass is 295 g/mol. The Labute approximate surface area is 122 Å². The van der Waals surface area contributed by atoms with E-state index in [1.54, 1.807) is 6.07 Å². The van der Waals surface area contributed by atoms with Crippen LogP contribution in [0.3, 0.4) is 0 Å². The van der Waals surface area contributed by atoms with Crippen LogP contribution in [-0.4, -0.2) is 8.96 Å². The van der Waals surface area contributed by atoms with Crippen LogP contribution in [0.15, 0.2) is 12.1 Å². The van der Waals surface area contributed by atoms with Gasteiger partial charge in [0, 0.05) is 0 Å². The molecule has 0 bridgehead atoms. The Bertz CT molecular complexity index is 566. The SMILES string of the molecule is CC(C)(C[C@H]1CCc2c(F)cc(C3CC3)cc21)S(N)=O. The molecule has 110 valence electrons. The first-order chi connectivity index (χ1) is 9.38. The van der Waals surface area contributed by atoms with Crippen molar-refractivity contribution in [2.45, 2.75) is 62.5 Å². The molecular formula is C16H22FNOS. The maximum absolute atomic E-state index is 14.2. The van der Waals surface area contributed by atoms with Crippen LogP contribution < -0.4 is 5.14 Å². The van der Waals surface area contributed by atoms with Gasteiger partial charge < -0.3 is 0 Å². The molecule has 3 rings (SSSR count). The summed E-state index contributed by atoms with van der Waals surface area (Å²) in [5.74, 6) is 0.812. The summed E-state index contributed by atoms with van der Waals surface area (Å²) in [5.41, 5.74) is 3.17. The molecule has 2 N–H and O–H groups in total. The van der Waals surface area contributed by atoms with Gasteiger partial charge in [-0.3, -0.25) is 5.14 Å². The first kappa shape index (κ1) is 14.2. The van der Waals surface area contributed by atoms with Crippen molar-refractivity contribution >= 4 is 11.0 Å². The maximum atomic E-state index is 14.2. The lowest BCUT2D eigenvalue weighted by atomic mass is 9.90. The number of benzene rings is 1. The van der Waals surface area contributed by atoms with Gasteiger partial charge in [-0.25, -0.2) is 8.60 Å². The van der Waals surface area contributed by atoms with Gasteiger partial charge in [0.1, 0.15) is 5.82 Å². The van der Waals surface area contributed by atoms with E-state index in [2.05, 4.69) is 6.07 Å². The third-order valence-electron chi connectivity index (χ3n) is 4.77. The molecule has 0 aliphatic heterocycles. The second kappa shape index (κ2) is 4.92. The molecule has 0 radical (unpaired) electrons. The van der Waals surface area contributed by atoms with Crippen LogP contribution in [0.5, 0.6) is 0 Å². The lowest BCUT2D eigenvalue weighted by Gasteiger charge is -2.25. The van der Waals surface area contributed by atoms with Crippen LogP contribution in [0.2, 0.25) is 0 Å². The normalized spacial score (nSPS) is 23.7. The molecule has 0 aromatic heterocycles. The topological polar surface area (TPSA) is 43.1 Å². The van der Waals surface area contributed by atoms with E-state index in [0.717, 1.165) is 36.0 Å². The van der Waals surface area contributed by atoms with Crippen LogP contribution in [0.1, 0.15) is 68.1 Å². The summed E-state index contributed by atoms with van der Waals surface area (Å²) in [6, 6.07) is 3.92. The van der Waals surface area contributed by atoms with Gasteiger partial charge in [0.15, 0.2) is 0 Å². The van der Waals surface area contributed by atoms with E-state index in [-0.39, 0.29) is 5.82 Å². The predicted molar refractivity (Wildman–Crippen MR) is 80.5 cm³/mol. The van der Waals surface area contributed by atoms with Gasteiger partial charge in [-0.1, -0.05) is 6.07 Å². The molecule has 2 aliphatic rings. The van der Waals surface area contributed by atoms with Gasteiger partial charge in [0.2, 0.25) is 0 Å². The Kier molecular flexibility index (Phi) is 3.49. The zero-order valence-corrected chi connectivity index (χ0v) is 12.9. The Balaban J connectivity index is 1.90. The van der Waals surface area contributed by atoms with Crippen molar-refractivity contribution in [1.29, 1.82) is 0 Å². The minimum Gasteiger partial charge on any atom is -0.251 e. The molecule has 20 heavy (non-hydrogen) atoms. The highest BCUT2D eigenvalue weighted by molar-refractivity contribution is 7.84. The van der Waals surface area contributed by atoms with E-state index in [1.165, 1.54) is 12.8 Å². The second-order valence-electron chi connectivity index (χ2n) is 6.84. The second-order valence-corrected chi connectivity index (χ2v) is 8.54. The summed E-state index contributed by atoms with van der Waals surface area (Å²) < 4.78 is 25.4. The zero-order valence-electron chi connectivity index (χ0n) is 12.1. The van der Waals surface area contributed by atoms with Crippen molar-refractivity contribution in [3.8, 4) is 0 Å². The third kappa shape index (κ3) is 2.56. The van der Waals surface area contributed by atoms with Crippen molar-refractivity contribution < 1.29 is 8.60 Å². The molecule has 1 aromatic rings. The highest BCUT2D eigenvalue weighted by atomic mass is 32.2. The molecule has 2 atom stereocenters. The molecule has 1 unspecified atom stereocenters. The zero-order chi connectivity index (χ0) is 14.5. The summed E-state index contributed by atoms with van der Waals surface area (Å²) in [7, 11) is -1.35. The Hall–Kier alpha value is -0.740. The van der Waals surface area contributed by atoms with Gasteiger partial charge in [-0.15, -0.1) is 0 Å². The first-order valence-electron chi connectivity index (χ1n) is 7.37. The molecule has 4 heteroatoms. The van der Waals surface area contributed by atoms with Crippen molar-refractivity contribution in [2.75, 3.05) is 0 Å². The fourth-order valence-corrected chi connectivity index (χ4v) is 3.69. The smallest absolute Gasteiger partial charge is 0.126 e. The molecule has 0 spiro atoms. The predicted octanol–water partition coefficient (Wildman–Crippen LogP) is 3.52. The molecule has 1 saturated carbocycles. The van der Waals surface area contributed by atoms with Crippen molar-refractivity contribution in [3.05, 3.63) is 34.6 Å². The van der Waals surface area contributed by atoms with Gasteiger partial charge >= 0.3 is 0 Å². The summed E-state index contributed by atoms with van der Waals surface area (Å²) in [5, 5.41) is 5.58. The van der Waals surface area contributed by atoms with E-state index >= 15 is 0 Å². The van der Waals surface area contributed by atoms with Crippen LogP contribution in [0.25, 0.3) is 0 Å². The summed E-state index contributed by atoms with van der Waals surface area (Å²) in [6.45, 7) is 3.87. The minimum absolute atomic E-state index is 0.0430. The van der Waals surface area contributed by atoms with Crippen LogP contribution in [-0.2, 0) is 17.4 Å². The summed E-state index contributed by atoms with van der Waals surface area (Å²) in [6.07, 6.45) is 4.87. The summed E-state index contributed by atoms with van der Waals surface area (Å²) >= 11 is 0. The minimum atomic E-state index is -1.35. The van der Waals surface area contributed by atoms with E-state index in [9.17, 15) is 8.60 Å². The number of hydrogen-bond acceptors (Lipinski definition) is 1. The van der Waals surface area contributed by atoms with Crippen molar-refractivity contribution in [2.24, 2.45) is 5.14 Å². The first-order valence-corrected chi connectivity index (χ1v) is 8.58. The van der Waals surface area contributed by atoms with Gasteiger partial charge in [0.05, 0.1) is 15.7 Å². The van der Waals surface area contributed by atoms with Gasteiger partial charge in [0.25, 0.3) is 0 Å². The van der Waals surface area contributed by atoms with Crippen molar-refractivity contribution in [1.82, 2.24) is 0 Å². The van der Waals surface area contributed by atoms with Crippen LogP contribution in [0, 0.1) is 5.82 Å². The third-order valence-corrected chi connectivity index (χ3v) is 6.02. The molecule has 2 aliphatic carbocycles. The highest BCUT2D eigenvalue weighted by Gasteiger charge is 2.35. The highest BCUT2D eigenvalue weighted by Crippen LogP contribution is 2.46. The molecule has 0 amide bonds. The average Bonchev–Trinajstić information content (AvgIpc) is 3.13. The Morgan fingerprint density at radius 2 is 2.05 bits per heavy atom. The molecular weight excluding hydrogens is 273 g/mol. The lowest BCUT2D eigenvalue weighted by molar-refractivity contribution is 0.514. The molecule has 0 saturated heterocycles. The lowest BCUT2D eigenvalue weighted by Crippen LogP contribution is -2.33. The molecule has 2 nitrogen and oxygen atoms in total. The van der Waals surface area contributed by atoms with Crippen LogP contribution in [0.4, 0.5) is 4.39 Å². The largest absolute Gasteiger partial charge is 0.251 e. The van der Waals surface area contributed by atoms with E-state index < -0.39 is 15.7 Å². The number of hydrogen-bond donors (Lipinski definition) is 1. The van der Waals surface area contributed by atoms with Crippen LogP contribution >= 0.6 is 0 Å². The number of rotatable bonds is 4. The molecule has 1 aromatic carbocycles. The van der Waals surface area contributed by atoms with Gasteiger partial charge in [-0.2, -0.15) is 0 Å². The number of halogens is 1. The van der Waals surface area contributed by atoms with E-state index in [4.69, 9.17) is 5.14 Å². The molecule has 1 fully saturated rings. The maximum Gasteiger partial charge on any atom is 0.126 e. The van der Waals surface area contributed by atoms with Gasteiger partial charge in [-0.05, 0) is 80.5 Å². The standard InChI is InChI=1S/C16H22FNOS/c1-16(2,20(18)19)9-11-5-6-13-14(11)7-12(8-15(13)17)10-3-4-10/h7-8,10-11H,3-6,9,18H2,1-2H3/t11-,20?/m1/s1. The Morgan fingerprint density at radius 3 is 2.65 bits per heavy atom. The van der Waals surface area contributed by atoms with E-state index in [0.29, 0.717) is 11.8 Å².